The van der Waals surface area contributed by atoms with Gasteiger partial charge >= 0.3 is 0 Å². The molecule has 0 radical (unpaired) electrons. The van der Waals surface area contributed by atoms with E-state index >= 15 is 0 Å². The molecule has 6 heteroatoms. The number of nitrogens with zero attached hydrogens (tertiary/aromatic N) is 4. The van der Waals surface area contributed by atoms with Crippen LogP contribution in [0.5, 0.6) is 0 Å². The van der Waals surface area contributed by atoms with Crippen molar-refractivity contribution < 1.29 is 9.53 Å². The molecule has 0 aromatic carbocycles. The van der Waals surface area contributed by atoms with Gasteiger partial charge in [0.25, 0.3) is 0 Å². The molecule has 1 aromatic heterocycles. The van der Waals surface area contributed by atoms with E-state index in [1.165, 1.54) is 19.3 Å². The van der Waals surface area contributed by atoms with Crippen molar-refractivity contribution in [3.05, 3.63) is 18.1 Å². The third-order valence-corrected chi connectivity index (χ3v) is 7.45. The molecule has 1 spiro atoms. The van der Waals surface area contributed by atoms with Gasteiger partial charge in [0.2, 0.25) is 5.91 Å². The lowest BCUT2D eigenvalue weighted by atomic mass is 9.79. The average Bonchev–Trinajstić information content (AvgIpc) is 3.17. The first-order chi connectivity index (χ1) is 12.5. The van der Waals surface area contributed by atoms with Crippen LogP contribution in [-0.2, 0) is 16.1 Å². The van der Waals surface area contributed by atoms with Gasteiger partial charge in [0.15, 0.2) is 0 Å². The van der Waals surface area contributed by atoms with Crippen molar-refractivity contribution >= 4 is 11.7 Å². The van der Waals surface area contributed by atoms with E-state index in [9.17, 15) is 4.79 Å². The van der Waals surface area contributed by atoms with Crippen LogP contribution < -0.4 is 4.90 Å². The van der Waals surface area contributed by atoms with Gasteiger partial charge in [0, 0.05) is 56.6 Å². The highest BCUT2D eigenvalue weighted by atomic mass is 16.5. The van der Waals surface area contributed by atoms with Gasteiger partial charge in [0.1, 0.15) is 12.1 Å². The Morgan fingerprint density at radius 3 is 2.81 bits per heavy atom. The van der Waals surface area contributed by atoms with Crippen LogP contribution in [-0.4, -0.2) is 54.1 Å². The molecular formula is C20H28N4O2. The Morgan fingerprint density at radius 1 is 1.31 bits per heavy atom. The van der Waals surface area contributed by atoms with E-state index in [2.05, 4.69) is 26.7 Å². The van der Waals surface area contributed by atoms with Gasteiger partial charge in [-0.25, -0.2) is 9.97 Å². The number of carbonyl (C=O) groups is 1. The Hall–Kier alpha value is -1.69. The van der Waals surface area contributed by atoms with Gasteiger partial charge < -0.3 is 14.5 Å². The monoisotopic (exact) mass is 356 g/mol. The standard InChI is InChI=1S/C20H28N4O2/c1-19-11-23(17-6-15(10-26-2)21-13-22-17)8-14(19)9-24(12-19)18(25)16-7-20(16)4-3-5-20/h6,13-14,16H,3-5,7-12H2,1-2H3/t14-,16?,19+/m1/s1. The average molecular weight is 356 g/mol. The fourth-order valence-electron chi connectivity index (χ4n) is 5.57. The van der Waals surface area contributed by atoms with Crippen molar-refractivity contribution in [2.45, 2.75) is 39.2 Å². The molecule has 1 amide bonds. The van der Waals surface area contributed by atoms with Gasteiger partial charge in [-0.15, -0.1) is 0 Å². The molecule has 3 atom stereocenters. The normalized spacial score (nSPS) is 34.1. The molecule has 2 aliphatic heterocycles. The Morgan fingerprint density at radius 2 is 2.15 bits per heavy atom. The molecule has 1 unspecified atom stereocenters. The predicted octanol–water partition coefficient (Wildman–Crippen LogP) is 2.10. The maximum absolute atomic E-state index is 12.9. The van der Waals surface area contributed by atoms with Crippen LogP contribution in [0.4, 0.5) is 5.82 Å². The number of likely N-dealkylation sites (tertiary alicyclic amines) is 1. The molecular weight excluding hydrogens is 328 g/mol. The number of ether oxygens (including phenoxy) is 1. The largest absolute Gasteiger partial charge is 0.378 e. The number of methoxy groups -OCH3 is 1. The van der Waals surface area contributed by atoms with Crippen LogP contribution in [0, 0.1) is 22.7 Å². The molecule has 26 heavy (non-hydrogen) atoms. The number of rotatable bonds is 4. The SMILES string of the molecule is COCc1cc(N2C[C@@H]3CN(C(=O)C4CC45CCC5)C[C@]3(C)C2)ncn1. The molecule has 0 N–H and O–H groups in total. The second-order valence-electron chi connectivity index (χ2n) is 9.22. The fraction of sp³-hybridized carbons (Fsp3) is 0.750. The third-order valence-electron chi connectivity index (χ3n) is 7.45. The summed E-state index contributed by atoms with van der Waals surface area (Å²) < 4.78 is 5.19. The van der Waals surface area contributed by atoms with E-state index in [0.717, 1.165) is 44.1 Å². The smallest absolute Gasteiger partial charge is 0.226 e. The Labute approximate surface area is 154 Å². The van der Waals surface area contributed by atoms with Gasteiger partial charge in [-0.05, 0) is 24.7 Å². The summed E-state index contributed by atoms with van der Waals surface area (Å²) in [5.41, 5.74) is 1.51. The summed E-state index contributed by atoms with van der Waals surface area (Å²) in [7, 11) is 1.68. The van der Waals surface area contributed by atoms with Crippen molar-refractivity contribution in [3.63, 3.8) is 0 Å². The van der Waals surface area contributed by atoms with E-state index in [1.807, 2.05) is 6.07 Å². The molecule has 0 bridgehead atoms. The second kappa shape index (κ2) is 5.65. The maximum Gasteiger partial charge on any atom is 0.226 e. The summed E-state index contributed by atoms with van der Waals surface area (Å²) in [5, 5.41) is 0. The van der Waals surface area contributed by atoms with Crippen molar-refractivity contribution in [3.8, 4) is 0 Å². The number of carbonyl (C=O) groups excluding carboxylic acids is 1. The molecule has 3 heterocycles. The van der Waals surface area contributed by atoms with Crippen molar-refractivity contribution in [2.75, 3.05) is 38.2 Å². The predicted molar refractivity (Wildman–Crippen MR) is 97.5 cm³/mol. The zero-order valence-corrected chi connectivity index (χ0v) is 15.8. The van der Waals surface area contributed by atoms with E-state index in [1.54, 1.807) is 13.4 Å². The molecule has 140 valence electrons. The summed E-state index contributed by atoms with van der Waals surface area (Å²) >= 11 is 0. The number of hydrogen-bond donors (Lipinski definition) is 0. The van der Waals surface area contributed by atoms with Crippen LogP contribution >= 0.6 is 0 Å². The van der Waals surface area contributed by atoms with Gasteiger partial charge in [-0.1, -0.05) is 13.3 Å². The topological polar surface area (TPSA) is 58.6 Å². The molecule has 2 aliphatic carbocycles. The molecule has 4 fully saturated rings. The Bertz CT molecular complexity index is 734. The maximum atomic E-state index is 12.9. The van der Waals surface area contributed by atoms with E-state index < -0.39 is 0 Å². The molecule has 2 saturated carbocycles. The molecule has 2 saturated heterocycles. The van der Waals surface area contributed by atoms with E-state index in [4.69, 9.17) is 4.74 Å². The Balaban J connectivity index is 1.25. The van der Waals surface area contributed by atoms with Crippen LogP contribution in [0.1, 0.15) is 38.3 Å². The summed E-state index contributed by atoms with van der Waals surface area (Å²) in [6.07, 6.45) is 6.66. The third kappa shape index (κ3) is 2.45. The highest BCUT2D eigenvalue weighted by molar-refractivity contribution is 5.83. The summed E-state index contributed by atoms with van der Waals surface area (Å²) in [4.78, 5) is 26.2. The first-order valence-corrected chi connectivity index (χ1v) is 9.87. The lowest BCUT2D eigenvalue weighted by Gasteiger charge is -2.29. The molecule has 6 nitrogen and oxygen atoms in total. The van der Waals surface area contributed by atoms with Gasteiger partial charge in [0.05, 0.1) is 12.3 Å². The molecule has 4 aliphatic rings. The van der Waals surface area contributed by atoms with E-state index in [0.29, 0.717) is 29.8 Å². The van der Waals surface area contributed by atoms with Crippen LogP contribution in [0.2, 0.25) is 0 Å². The molecule has 5 rings (SSSR count). The highest BCUT2D eigenvalue weighted by Gasteiger charge is 2.63. The van der Waals surface area contributed by atoms with Crippen LogP contribution in [0.15, 0.2) is 12.4 Å². The van der Waals surface area contributed by atoms with Crippen molar-refractivity contribution in [1.82, 2.24) is 14.9 Å². The number of anilines is 1. The zero-order chi connectivity index (χ0) is 17.9. The minimum absolute atomic E-state index is 0.170. The number of aromatic nitrogens is 2. The minimum Gasteiger partial charge on any atom is -0.378 e. The minimum atomic E-state index is 0.170. The number of hydrogen-bond acceptors (Lipinski definition) is 5. The molecule has 1 aromatic rings. The number of fused-ring (bicyclic) bond motifs is 1. The fourth-order valence-corrected chi connectivity index (χ4v) is 5.57. The lowest BCUT2D eigenvalue weighted by molar-refractivity contribution is -0.133. The highest BCUT2D eigenvalue weighted by Crippen LogP contribution is 2.66. The van der Waals surface area contributed by atoms with Gasteiger partial charge in [-0.2, -0.15) is 0 Å². The lowest BCUT2D eigenvalue weighted by Crippen LogP contribution is -2.38. The van der Waals surface area contributed by atoms with E-state index in [-0.39, 0.29) is 5.41 Å². The summed E-state index contributed by atoms with van der Waals surface area (Å²) in [6.45, 7) is 6.59. The number of amides is 1. The first-order valence-electron chi connectivity index (χ1n) is 9.87. The second-order valence-corrected chi connectivity index (χ2v) is 9.22. The van der Waals surface area contributed by atoms with Crippen molar-refractivity contribution in [1.29, 1.82) is 0 Å². The first kappa shape index (κ1) is 16.5. The summed E-state index contributed by atoms with van der Waals surface area (Å²) in [6, 6.07) is 2.03. The summed E-state index contributed by atoms with van der Waals surface area (Å²) in [5.74, 6) is 2.30. The van der Waals surface area contributed by atoms with Crippen LogP contribution in [0.25, 0.3) is 0 Å². The van der Waals surface area contributed by atoms with Gasteiger partial charge in [-0.3, -0.25) is 4.79 Å². The zero-order valence-electron chi connectivity index (χ0n) is 15.8. The van der Waals surface area contributed by atoms with Crippen LogP contribution in [0.3, 0.4) is 0 Å². The van der Waals surface area contributed by atoms with Crippen molar-refractivity contribution in [2.24, 2.45) is 22.7 Å². The Kier molecular flexibility index (Phi) is 3.58. The quantitative estimate of drug-likeness (QED) is 0.827.